The van der Waals surface area contributed by atoms with Crippen LogP contribution in [0.2, 0.25) is 0 Å². The maximum atomic E-state index is 13.2. The van der Waals surface area contributed by atoms with Crippen molar-refractivity contribution < 1.29 is 9.53 Å². The second kappa shape index (κ2) is 9.76. The smallest absolute Gasteiger partial charge is 0.254 e. The number of aryl methyl sites for hydroxylation is 2. The van der Waals surface area contributed by atoms with E-state index in [0.29, 0.717) is 17.9 Å². The Morgan fingerprint density at radius 3 is 2.33 bits per heavy atom. The van der Waals surface area contributed by atoms with Gasteiger partial charge in [0.2, 0.25) is 0 Å². The van der Waals surface area contributed by atoms with Crippen molar-refractivity contribution in [2.45, 2.75) is 26.7 Å². The number of rotatable bonds is 7. The lowest BCUT2D eigenvalue weighted by Crippen LogP contribution is -2.34. The molecule has 3 rings (SSSR count). The highest BCUT2D eigenvalue weighted by Gasteiger charge is 2.19. The molecule has 0 saturated heterocycles. The SMILES string of the molecule is Cc1cccc(C)c1Oc1cccc(C(=O)N(CC#N)CC(C)c2ccccc2)c1. The van der Waals surface area contributed by atoms with Crippen LogP contribution >= 0.6 is 0 Å². The van der Waals surface area contributed by atoms with Crippen LogP contribution in [0.3, 0.4) is 0 Å². The molecule has 0 aromatic heterocycles. The molecule has 152 valence electrons. The van der Waals surface area contributed by atoms with Crippen LogP contribution in [0.1, 0.15) is 39.9 Å². The maximum absolute atomic E-state index is 13.2. The molecule has 0 bridgehead atoms. The fourth-order valence-corrected chi connectivity index (χ4v) is 3.48. The van der Waals surface area contributed by atoms with Gasteiger partial charge in [0.05, 0.1) is 6.07 Å². The predicted molar refractivity (Wildman–Crippen MR) is 119 cm³/mol. The normalized spacial score (nSPS) is 11.4. The molecule has 4 heteroatoms. The summed E-state index contributed by atoms with van der Waals surface area (Å²) in [6.07, 6.45) is 0. The Bertz CT molecular complexity index is 1030. The van der Waals surface area contributed by atoms with Gasteiger partial charge in [-0.1, -0.05) is 61.5 Å². The van der Waals surface area contributed by atoms with Gasteiger partial charge in [-0.15, -0.1) is 0 Å². The van der Waals surface area contributed by atoms with Crippen molar-refractivity contribution in [2.24, 2.45) is 0 Å². The molecule has 0 heterocycles. The molecule has 1 amide bonds. The lowest BCUT2D eigenvalue weighted by Gasteiger charge is -2.24. The van der Waals surface area contributed by atoms with Crippen molar-refractivity contribution in [3.63, 3.8) is 0 Å². The molecule has 1 atom stereocenters. The summed E-state index contributed by atoms with van der Waals surface area (Å²) < 4.78 is 6.09. The zero-order chi connectivity index (χ0) is 21.5. The van der Waals surface area contributed by atoms with E-state index in [1.165, 1.54) is 0 Å². The van der Waals surface area contributed by atoms with E-state index in [-0.39, 0.29) is 18.4 Å². The number of carbonyl (C=O) groups excluding carboxylic acids is 1. The van der Waals surface area contributed by atoms with Crippen LogP contribution in [0.4, 0.5) is 0 Å². The van der Waals surface area contributed by atoms with Crippen LogP contribution in [-0.2, 0) is 0 Å². The average Bonchev–Trinajstić information content (AvgIpc) is 2.76. The van der Waals surface area contributed by atoms with E-state index < -0.39 is 0 Å². The molecule has 0 aliphatic heterocycles. The fourth-order valence-electron chi connectivity index (χ4n) is 3.48. The largest absolute Gasteiger partial charge is 0.457 e. The van der Waals surface area contributed by atoms with Crippen LogP contribution in [-0.4, -0.2) is 23.9 Å². The molecule has 30 heavy (non-hydrogen) atoms. The van der Waals surface area contributed by atoms with Crippen LogP contribution in [0.25, 0.3) is 0 Å². The monoisotopic (exact) mass is 398 g/mol. The van der Waals surface area contributed by atoms with Crippen molar-refractivity contribution in [1.82, 2.24) is 4.90 Å². The summed E-state index contributed by atoms with van der Waals surface area (Å²) in [6.45, 7) is 6.57. The van der Waals surface area contributed by atoms with E-state index in [4.69, 9.17) is 4.74 Å². The predicted octanol–water partition coefficient (Wildman–Crippen LogP) is 5.87. The standard InChI is InChI=1S/C26H26N2O2/c1-19-9-7-10-20(2)25(19)30-24-14-8-13-23(17-24)26(29)28(16-15-27)18-21(3)22-11-5-4-6-12-22/h4-14,17,21H,16,18H2,1-3H3. The Morgan fingerprint density at radius 1 is 1.00 bits per heavy atom. The van der Waals surface area contributed by atoms with Crippen LogP contribution in [0, 0.1) is 25.2 Å². The minimum atomic E-state index is -0.175. The van der Waals surface area contributed by atoms with Gasteiger partial charge in [0, 0.05) is 12.1 Å². The van der Waals surface area contributed by atoms with Crippen LogP contribution < -0.4 is 4.74 Å². The molecule has 0 spiro atoms. The molecule has 3 aromatic rings. The van der Waals surface area contributed by atoms with E-state index in [9.17, 15) is 10.1 Å². The maximum Gasteiger partial charge on any atom is 0.254 e. The second-order valence-electron chi connectivity index (χ2n) is 7.51. The Kier molecular flexibility index (Phi) is 6.87. The average molecular weight is 399 g/mol. The second-order valence-corrected chi connectivity index (χ2v) is 7.51. The van der Waals surface area contributed by atoms with Crippen LogP contribution in [0.15, 0.2) is 72.8 Å². The van der Waals surface area contributed by atoms with Crippen molar-refractivity contribution in [2.75, 3.05) is 13.1 Å². The summed E-state index contributed by atoms with van der Waals surface area (Å²) in [5.74, 6) is 1.35. The number of carbonyl (C=O) groups is 1. The van der Waals surface area contributed by atoms with Gasteiger partial charge < -0.3 is 9.64 Å². The van der Waals surface area contributed by atoms with E-state index >= 15 is 0 Å². The number of ether oxygens (including phenoxy) is 1. The van der Waals surface area contributed by atoms with E-state index in [2.05, 4.69) is 13.0 Å². The fraction of sp³-hybridized carbons (Fsp3) is 0.231. The van der Waals surface area contributed by atoms with Gasteiger partial charge >= 0.3 is 0 Å². The number of nitriles is 1. The minimum absolute atomic E-state index is 0.0397. The molecule has 0 fully saturated rings. The van der Waals surface area contributed by atoms with Crippen molar-refractivity contribution in [3.05, 3.63) is 95.1 Å². The van der Waals surface area contributed by atoms with Gasteiger partial charge in [-0.2, -0.15) is 5.26 Å². The first-order valence-electron chi connectivity index (χ1n) is 10.0. The molecule has 0 saturated carbocycles. The summed E-state index contributed by atoms with van der Waals surface area (Å²) in [4.78, 5) is 14.8. The Labute approximate surface area is 178 Å². The molecule has 0 aliphatic rings. The third-order valence-electron chi connectivity index (χ3n) is 5.12. The molecule has 0 N–H and O–H groups in total. The summed E-state index contributed by atoms with van der Waals surface area (Å²) in [5.41, 5.74) is 3.72. The number of amides is 1. The number of hydrogen-bond acceptors (Lipinski definition) is 3. The quantitative estimate of drug-likeness (QED) is 0.468. The topological polar surface area (TPSA) is 53.3 Å². The first kappa shape index (κ1) is 21.1. The van der Waals surface area contributed by atoms with Crippen LogP contribution in [0.5, 0.6) is 11.5 Å². The molecule has 3 aromatic carbocycles. The highest BCUT2D eigenvalue weighted by atomic mass is 16.5. The summed E-state index contributed by atoms with van der Waals surface area (Å²) in [5, 5.41) is 9.26. The highest BCUT2D eigenvalue weighted by Crippen LogP contribution is 2.29. The van der Waals surface area contributed by atoms with Gasteiger partial charge in [-0.05, 0) is 54.7 Å². The zero-order valence-electron chi connectivity index (χ0n) is 17.6. The van der Waals surface area contributed by atoms with Gasteiger partial charge in [-0.25, -0.2) is 0 Å². The first-order chi connectivity index (χ1) is 14.5. The van der Waals surface area contributed by atoms with Crippen molar-refractivity contribution >= 4 is 5.91 Å². The number of hydrogen-bond donors (Lipinski definition) is 0. The molecule has 1 unspecified atom stereocenters. The lowest BCUT2D eigenvalue weighted by atomic mass is 10.0. The molecule has 0 aliphatic carbocycles. The van der Waals surface area contributed by atoms with Gasteiger partial charge in [0.15, 0.2) is 0 Å². The Hall–Kier alpha value is -3.58. The van der Waals surface area contributed by atoms with Gasteiger partial charge in [-0.3, -0.25) is 4.79 Å². The van der Waals surface area contributed by atoms with E-state index in [1.54, 1.807) is 23.1 Å². The highest BCUT2D eigenvalue weighted by molar-refractivity contribution is 5.94. The summed E-state index contributed by atoms with van der Waals surface area (Å²) >= 11 is 0. The van der Waals surface area contributed by atoms with Crippen molar-refractivity contribution in [3.8, 4) is 17.6 Å². The molecule has 0 radical (unpaired) electrons. The Morgan fingerprint density at radius 2 is 1.67 bits per heavy atom. The summed E-state index contributed by atoms with van der Waals surface area (Å²) in [6, 6.07) is 25.3. The summed E-state index contributed by atoms with van der Waals surface area (Å²) in [7, 11) is 0. The lowest BCUT2D eigenvalue weighted by molar-refractivity contribution is 0.0768. The number of nitrogens with zero attached hydrogens (tertiary/aromatic N) is 2. The van der Waals surface area contributed by atoms with E-state index in [0.717, 1.165) is 22.4 Å². The van der Waals surface area contributed by atoms with Gasteiger partial charge in [0.1, 0.15) is 18.0 Å². The first-order valence-corrected chi connectivity index (χ1v) is 10.0. The van der Waals surface area contributed by atoms with E-state index in [1.807, 2.05) is 68.4 Å². The third-order valence-corrected chi connectivity index (χ3v) is 5.12. The number of benzene rings is 3. The third kappa shape index (κ3) is 5.07. The van der Waals surface area contributed by atoms with Gasteiger partial charge in [0.25, 0.3) is 5.91 Å². The van der Waals surface area contributed by atoms with Crippen molar-refractivity contribution in [1.29, 1.82) is 5.26 Å². The molecule has 4 nitrogen and oxygen atoms in total. The molecular weight excluding hydrogens is 372 g/mol. The Balaban J connectivity index is 1.80. The molecular formula is C26H26N2O2. The zero-order valence-corrected chi connectivity index (χ0v) is 17.6. The minimum Gasteiger partial charge on any atom is -0.457 e. The number of para-hydroxylation sites is 1.